The van der Waals surface area contributed by atoms with Crippen molar-refractivity contribution in [3.8, 4) is 0 Å². The monoisotopic (exact) mass is 173 g/mol. The number of fused-ring (bicyclic) bond motifs is 1. The van der Waals surface area contributed by atoms with E-state index in [0.717, 1.165) is 12.5 Å². The number of rotatable bonds is 2. The molecular formula is C8H16NOP. The summed E-state index contributed by atoms with van der Waals surface area (Å²) < 4.78 is 5.12. The second-order valence-corrected chi connectivity index (χ2v) is 4.66. The summed E-state index contributed by atoms with van der Waals surface area (Å²) in [6, 6.07) is 0. The second-order valence-electron chi connectivity index (χ2n) is 4.32. The summed E-state index contributed by atoms with van der Waals surface area (Å²) in [6.07, 6.45) is 0. The highest BCUT2D eigenvalue weighted by Gasteiger charge is 2.72. The quantitative estimate of drug-likeness (QED) is 0.630. The van der Waals surface area contributed by atoms with Crippen molar-refractivity contribution >= 4 is 9.47 Å². The summed E-state index contributed by atoms with van der Waals surface area (Å²) in [6.45, 7) is 7.96. The van der Waals surface area contributed by atoms with E-state index in [2.05, 4.69) is 28.6 Å². The first-order chi connectivity index (χ1) is 5.15. The van der Waals surface area contributed by atoms with Crippen molar-refractivity contribution in [2.75, 3.05) is 19.7 Å². The predicted molar refractivity (Wildman–Crippen MR) is 48.2 cm³/mol. The Kier molecular flexibility index (Phi) is 1.58. The van der Waals surface area contributed by atoms with Crippen LogP contribution >= 0.6 is 9.47 Å². The van der Waals surface area contributed by atoms with E-state index in [1.54, 1.807) is 0 Å². The summed E-state index contributed by atoms with van der Waals surface area (Å²) in [5.41, 5.74) is 1.03. The first-order valence-corrected chi connectivity index (χ1v) is 4.65. The van der Waals surface area contributed by atoms with E-state index in [-0.39, 0.29) is 0 Å². The van der Waals surface area contributed by atoms with Gasteiger partial charge in [0.2, 0.25) is 0 Å². The molecular weight excluding hydrogens is 157 g/mol. The number of hydrogen-bond donors (Lipinski definition) is 1. The van der Waals surface area contributed by atoms with E-state index in [0.29, 0.717) is 10.8 Å². The lowest BCUT2D eigenvalue weighted by Crippen LogP contribution is -2.21. The van der Waals surface area contributed by atoms with Crippen LogP contribution in [-0.2, 0) is 4.52 Å². The fourth-order valence-electron chi connectivity index (χ4n) is 2.77. The molecule has 2 rings (SSSR count). The molecule has 3 heteroatoms. The summed E-state index contributed by atoms with van der Waals surface area (Å²) in [4.78, 5) is 0. The van der Waals surface area contributed by atoms with Crippen LogP contribution < -0.4 is 5.32 Å². The van der Waals surface area contributed by atoms with Crippen LogP contribution in [0, 0.1) is 16.7 Å². The third-order valence-corrected chi connectivity index (χ3v) is 4.20. The minimum atomic E-state index is 0.517. The molecule has 0 aromatic rings. The average molecular weight is 173 g/mol. The molecule has 0 aromatic heterocycles. The van der Waals surface area contributed by atoms with Gasteiger partial charge in [0, 0.05) is 22.6 Å². The van der Waals surface area contributed by atoms with Crippen molar-refractivity contribution in [2.24, 2.45) is 16.7 Å². The molecule has 2 aliphatic rings. The Labute approximate surface area is 70.4 Å². The molecule has 1 aliphatic carbocycles. The van der Waals surface area contributed by atoms with Gasteiger partial charge < -0.3 is 9.84 Å². The molecule has 2 unspecified atom stereocenters. The zero-order chi connectivity index (χ0) is 8.11. The van der Waals surface area contributed by atoms with Crippen molar-refractivity contribution in [1.29, 1.82) is 0 Å². The van der Waals surface area contributed by atoms with E-state index in [1.807, 2.05) is 0 Å². The maximum atomic E-state index is 5.12. The Morgan fingerprint density at radius 1 is 1.45 bits per heavy atom. The van der Waals surface area contributed by atoms with Crippen LogP contribution in [-0.4, -0.2) is 19.7 Å². The van der Waals surface area contributed by atoms with Crippen molar-refractivity contribution in [2.45, 2.75) is 13.8 Å². The van der Waals surface area contributed by atoms with Crippen molar-refractivity contribution in [3.63, 3.8) is 0 Å². The molecule has 1 aliphatic heterocycles. The lowest BCUT2D eigenvalue weighted by atomic mass is 10.0. The van der Waals surface area contributed by atoms with Gasteiger partial charge >= 0.3 is 0 Å². The molecule has 2 fully saturated rings. The van der Waals surface area contributed by atoms with Crippen molar-refractivity contribution in [1.82, 2.24) is 5.32 Å². The molecule has 0 radical (unpaired) electrons. The molecule has 11 heavy (non-hydrogen) atoms. The molecule has 0 aromatic carbocycles. The Bertz CT molecular complexity index is 171. The van der Waals surface area contributed by atoms with E-state index in [4.69, 9.17) is 4.52 Å². The van der Waals surface area contributed by atoms with Gasteiger partial charge in [-0.05, 0) is 16.7 Å². The zero-order valence-corrected chi connectivity index (χ0v) is 8.34. The molecule has 2 nitrogen and oxygen atoms in total. The van der Waals surface area contributed by atoms with Crippen LogP contribution in [0.1, 0.15) is 13.8 Å². The molecule has 1 saturated heterocycles. The first-order valence-electron chi connectivity index (χ1n) is 4.17. The van der Waals surface area contributed by atoms with Crippen molar-refractivity contribution in [3.05, 3.63) is 0 Å². The van der Waals surface area contributed by atoms with Crippen LogP contribution in [0.4, 0.5) is 0 Å². The van der Waals surface area contributed by atoms with E-state index in [1.165, 1.54) is 13.1 Å². The lowest BCUT2D eigenvalue weighted by molar-refractivity contribution is 0.296. The van der Waals surface area contributed by atoms with E-state index in [9.17, 15) is 0 Å². The summed E-state index contributed by atoms with van der Waals surface area (Å²) in [5, 5.41) is 3.43. The molecule has 4 atom stereocenters. The smallest absolute Gasteiger partial charge is 0.0542 e. The Morgan fingerprint density at radius 3 is 2.45 bits per heavy atom. The van der Waals surface area contributed by atoms with Crippen LogP contribution in [0.3, 0.4) is 0 Å². The van der Waals surface area contributed by atoms with Gasteiger partial charge in [0.15, 0.2) is 0 Å². The fraction of sp³-hybridized carbons (Fsp3) is 1.00. The van der Waals surface area contributed by atoms with Crippen LogP contribution in [0.2, 0.25) is 0 Å². The first kappa shape index (κ1) is 7.97. The standard InChI is InChI=1S/C8H16NOP/c1-7-4-9-5-8(7,2)6(7)3-10-11/h6,9H,3-5,11H2,1-2H3/t6?,7-,8+. The summed E-state index contributed by atoms with van der Waals surface area (Å²) >= 11 is 0. The van der Waals surface area contributed by atoms with Gasteiger partial charge in [-0.3, -0.25) is 0 Å². The molecule has 0 bridgehead atoms. The topological polar surface area (TPSA) is 21.3 Å². The normalized spacial score (nSPS) is 54.3. The molecule has 0 spiro atoms. The highest BCUT2D eigenvalue weighted by atomic mass is 31.0. The Hall–Kier alpha value is 0.350. The van der Waals surface area contributed by atoms with Gasteiger partial charge in [0.25, 0.3) is 0 Å². The highest BCUT2D eigenvalue weighted by molar-refractivity contribution is 7.09. The highest BCUT2D eigenvalue weighted by Crippen LogP contribution is 2.70. The molecule has 1 N–H and O–H groups in total. The zero-order valence-electron chi connectivity index (χ0n) is 7.18. The predicted octanol–water partition coefficient (Wildman–Crippen LogP) is 1.04. The molecule has 1 heterocycles. The van der Waals surface area contributed by atoms with E-state index < -0.39 is 0 Å². The molecule has 1 saturated carbocycles. The second kappa shape index (κ2) is 2.18. The Balaban J connectivity index is 2.09. The van der Waals surface area contributed by atoms with Gasteiger partial charge in [0.1, 0.15) is 0 Å². The van der Waals surface area contributed by atoms with Gasteiger partial charge in [-0.2, -0.15) is 0 Å². The average Bonchev–Trinajstić information content (AvgIpc) is 2.29. The fourth-order valence-corrected chi connectivity index (χ4v) is 2.96. The van der Waals surface area contributed by atoms with Gasteiger partial charge in [-0.1, -0.05) is 13.8 Å². The van der Waals surface area contributed by atoms with E-state index >= 15 is 0 Å². The van der Waals surface area contributed by atoms with Crippen molar-refractivity contribution < 1.29 is 4.52 Å². The molecule has 64 valence electrons. The summed E-state index contributed by atoms with van der Waals surface area (Å²) in [5.74, 6) is 0.772. The number of nitrogens with one attached hydrogen (secondary N) is 1. The van der Waals surface area contributed by atoms with Gasteiger partial charge in [-0.15, -0.1) is 0 Å². The largest absolute Gasteiger partial charge is 0.365 e. The third kappa shape index (κ3) is 0.783. The maximum Gasteiger partial charge on any atom is 0.0542 e. The number of hydrogen-bond acceptors (Lipinski definition) is 2. The molecule has 0 amide bonds. The maximum absolute atomic E-state index is 5.12. The van der Waals surface area contributed by atoms with Gasteiger partial charge in [-0.25, -0.2) is 0 Å². The lowest BCUT2D eigenvalue weighted by Gasteiger charge is -2.08. The minimum absolute atomic E-state index is 0.517. The minimum Gasteiger partial charge on any atom is -0.365 e. The SMILES string of the molecule is C[C@@]12CNC[C@]1(C)C2COP. The summed E-state index contributed by atoms with van der Waals surface area (Å²) in [7, 11) is 2.34. The van der Waals surface area contributed by atoms with Crippen LogP contribution in [0.25, 0.3) is 0 Å². The Morgan fingerprint density at radius 2 is 2.00 bits per heavy atom. The third-order valence-electron chi connectivity index (χ3n) is 4.01. The van der Waals surface area contributed by atoms with Crippen LogP contribution in [0.15, 0.2) is 0 Å². The van der Waals surface area contributed by atoms with Crippen LogP contribution in [0.5, 0.6) is 0 Å². The number of piperidine rings is 1. The van der Waals surface area contributed by atoms with Gasteiger partial charge in [0.05, 0.1) is 6.61 Å².